The first-order valence-corrected chi connectivity index (χ1v) is 8.79. The second-order valence-electron chi connectivity index (χ2n) is 7.21. The van der Waals surface area contributed by atoms with Gasteiger partial charge in [0.25, 0.3) is 5.91 Å². The summed E-state index contributed by atoms with van der Waals surface area (Å²) in [6, 6.07) is 16.4. The lowest BCUT2D eigenvalue weighted by Crippen LogP contribution is -2.48. The fourth-order valence-electron chi connectivity index (χ4n) is 3.43. The Morgan fingerprint density at radius 2 is 1.96 bits per heavy atom. The van der Waals surface area contributed by atoms with Crippen molar-refractivity contribution in [2.75, 3.05) is 11.9 Å². The van der Waals surface area contributed by atoms with Gasteiger partial charge in [-0.25, -0.2) is 0 Å². The maximum absolute atomic E-state index is 12.9. The first kappa shape index (κ1) is 18.0. The van der Waals surface area contributed by atoms with Gasteiger partial charge in [-0.2, -0.15) is 5.26 Å². The molecular weight excluding hydrogens is 326 g/mol. The lowest BCUT2D eigenvalue weighted by Gasteiger charge is -2.34. The second kappa shape index (κ2) is 7.19. The summed E-state index contributed by atoms with van der Waals surface area (Å²) in [6.45, 7) is 4.18. The van der Waals surface area contributed by atoms with Crippen molar-refractivity contribution < 1.29 is 9.90 Å². The van der Waals surface area contributed by atoms with E-state index in [0.29, 0.717) is 17.7 Å². The van der Waals surface area contributed by atoms with E-state index in [9.17, 15) is 9.90 Å². The Labute approximate surface area is 153 Å². The van der Waals surface area contributed by atoms with Gasteiger partial charge >= 0.3 is 0 Å². The minimum atomic E-state index is -0.912. The maximum Gasteiger partial charge on any atom is 0.254 e. The zero-order valence-electron chi connectivity index (χ0n) is 15.1. The van der Waals surface area contributed by atoms with E-state index in [-0.39, 0.29) is 11.9 Å². The summed E-state index contributed by atoms with van der Waals surface area (Å²) in [7, 11) is 0. The molecule has 1 aliphatic heterocycles. The maximum atomic E-state index is 12.9. The predicted molar refractivity (Wildman–Crippen MR) is 101 cm³/mol. The molecule has 2 aromatic carbocycles. The van der Waals surface area contributed by atoms with Crippen molar-refractivity contribution in [1.29, 1.82) is 5.26 Å². The van der Waals surface area contributed by atoms with Crippen LogP contribution in [0.2, 0.25) is 0 Å². The molecule has 2 N–H and O–H groups in total. The number of aliphatic hydroxyl groups is 1. The minimum Gasteiger partial charge on any atom is -0.388 e. The summed E-state index contributed by atoms with van der Waals surface area (Å²) >= 11 is 0. The van der Waals surface area contributed by atoms with E-state index in [1.807, 2.05) is 30.3 Å². The van der Waals surface area contributed by atoms with Crippen LogP contribution >= 0.6 is 0 Å². The van der Waals surface area contributed by atoms with Gasteiger partial charge in [-0.05, 0) is 69.2 Å². The van der Waals surface area contributed by atoms with Crippen LogP contribution in [-0.4, -0.2) is 34.1 Å². The van der Waals surface area contributed by atoms with Crippen LogP contribution in [0.25, 0.3) is 0 Å². The third-order valence-corrected chi connectivity index (χ3v) is 4.74. The lowest BCUT2D eigenvalue weighted by atomic mass is 9.96. The molecule has 0 spiro atoms. The highest BCUT2D eigenvalue weighted by atomic mass is 16.3. The van der Waals surface area contributed by atoms with Crippen molar-refractivity contribution in [3.63, 3.8) is 0 Å². The van der Waals surface area contributed by atoms with Crippen LogP contribution in [0, 0.1) is 11.3 Å². The number of anilines is 2. The Kier molecular flexibility index (Phi) is 4.97. The van der Waals surface area contributed by atoms with Gasteiger partial charge < -0.3 is 15.3 Å². The summed E-state index contributed by atoms with van der Waals surface area (Å²) < 4.78 is 0. The number of carbonyl (C=O) groups is 1. The van der Waals surface area contributed by atoms with Crippen LogP contribution in [0.3, 0.4) is 0 Å². The quantitative estimate of drug-likeness (QED) is 0.883. The third kappa shape index (κ3) is 3.87. The van der Waals surface area contributed by atoms with Crippen molar-refractivity contribution in [3.05, 3.63) is 59.7 Å². The van der Waals surface area contributed by atoms with E-state index in [1.54, 1.807) is 36.9 Å². The Morgan fingerprint density at radius 3 is 2.62 bits per heavy atom. The van der Waals surface area contributed by atoms with Crippen molar-refractivity contribution >= 4 is 17.3 Å². The van der Waals surface area contributed by atoms with Crippen LogP contribution in [0.5, 0.6) is 0 Å². The summed E-state index contributed by atoms with van der Waals surface area (Å²) in [4.78, 5) is 14.7. The molecule has 5 heteroatoms. The number of carbonyl (C=O) groups excluding carboxylic acids is 1. The van der Waals surface area contributed by atoms with Gasteiger partial charge in [0.2, 0.25) is 0 Å². The van der Waals surface area contributed by atoms with Crippen LogP contribution in [0.1, 0.15) is 42.6 Å². The number of likely N-dealkylation sites (tertiary alicyclic amines) is 1. The number of nitriles is 1. The molecule has 1 atom stereocenters. The van der Waals surface area contributed by atoms with Crippen molar-refractivity contribution in [1.82, 2.24) is 4.90 Å². The molecule has 0 aliphatic carbocycles. The van der Waals surface area contributed by atoms with Crippen LogP contribution < -0.4 is 5.32 Å². The van der Waals surface area contributed by atoms with Gasteiger partial charge in [-0.3, -0.25) is 4.79 Å². The summed E-state index contributed by atoms with van der Waals surface area (Å²) in [5.41, 5.74) is 1.94. The molecule has 1 heterocycles. The van der Waals surface area contributed by atoms with E-state index in [4.69, 9.17) is 5.26 Å². The van der Waals surface area contributed by atoms with Crippen LogP contribution in [0.15, 0.2) is 48.5 Å². The summed E-state index contributed by atoms with van der Waals surface area (Å²) in [5.74, 6) is -0.0573. The normalized spacial score (nSPS) is 17.0. The van der Waals surface area contributed by atoms with Crippen molar-refractivity contribution in [2.24, 2.45) is 0 Å². The third-order valence-electron chi connectivity index (χ3n) is 4.74. The van der Waals surface area contributed by atoms with Gasteiger partial charge in [0.15, 0.2) is 0 Å². The molecule has 0 saturated carbocycles. The van der Waals surface area contributed by atoms with Crippen LogP contribution in [-0.2, 0) is 0 Å². The van der Waals surface area contributed by atoms with Gasteiger partial charge in [0.1, 0.15) is 0 Å². The van der Waals surface area contributed by atoms with Crippen molar-refractivity contribution in [2.45, 2.75) is 38.3 Å². The minimum absolute atomic E-state index is 0.0573. The molecule has 1 saturated heterocycles. The van der Waals surface area contributed by atoms with E-state index in [0.717, 1.165) is 24.2 Å². The second-order valence-corrected chi connectivity index (χ2v) is 7.21. The molecule has 2 aromatic rings. The number of rotatable bonds is 4. The fourth-order valence-corrected chi connectivity index (χ4v) is 3.43. The zero-order valence-corrected chi connectivity index (χ0v) is 15.1. The first-order valence-electron chi connectivity index (χ1n) is 8.79. The SMILES string of the molecule is CC(C)(O)C1CCCN1C(=O)c1cccc(Nc2ccc(C#N)cc2)c1. The van der Waals surface area contributed by atoms with Gasteiger partial charge in [0, 0.05) is 23.5 Å². The number of nitrogens with zero attached hydrogens (tertiary/aromatic N) is 2. The first-order chi connectivity index (χ1) is 12.4. The molecule has 1 amide bonds. The molecule has 1 unspecified atom stereocenters. The molecule has 3 rings (SSSR count). The Morgan fingerprint density at radius 1 is 1.23 bits per heavy atom. The highest BCUT2D eigenvalue weighted by molar-refractivity contribution is 5.95. The predicted octanol–water partition coefficient (Wildman–Crippen LogP) is 3.68. The molecular formula is C21H23N3O2. The summed E-state index contributed by atoms with van der Waals surface area (Å²) in [6.07, 6.45) is 1.72. The van der Waals surface area contributed by atoms with E-state index in [1.165, 1.54) is 0 Å². The molecule has 0 bridgehead atoms. The van der Waals surface area contributed by atoms with Gasteiger partial charge in [0.05, 0.1) is 23.3 Å². The topological polar surface area (TPSA) is 76.4 Å². The monoisotopic (exact) mass is 349 g/mol. The lowest BCUT2D eigenvalue weighted by molar-refractivity contribution is 0.000339. The highest BCUT2D eigenvalue weighted by Crippen LogP contribution is 2.29. The molecule has 26 heavy (non-hydrogen) atoms. The Hall–Kier alpha value is -2.84. The Bertz CT molecular complexity index is 832. The fraction of sp³-hybridized carbons (Fsp3) is 0.333. The van der Waals surface area contributed by atoms with E-state index in [2.05, 4.69) is 11.4 Å². The number of amides is 1. The molecule has 5 nitrogen and oxygen atoms in total. The molecule has 0 aromatic heterocycles. The molecule has 0 radical (unpaired) electrons. The molecule has 1 aliphatic rings. The molecule has 1 fully saturated rings. The van der Waals surface area contributed by atoms with Gasteiger partial charge in [-0.1, -0.05) is 6.07 Å². The zero-order chi connectivity index (χ0) is 18.7. The number of hydrogen-bond acceptors (Lipinski definition) is 4. The number of benzene rings is 2. The smallest absolute Gasteiger partial charge is 0.254 e. The van der Waals surface area contributed by atoms with E-state index < -0.39 is 5.60 Å². The van der Waals surface area contributed by atoms with Crippen molar-refractivity contribution in [3.8, 4) is 6.07 Å². The van der Waals surface area contributed by atoms with Gasteiger partial charge in [-0.15, -0.1) is 0 Å². The largest absolute Gasteiger partial charge is 0.388 e. The number of nitrogens with one attached hydrogen (secondary N) is 1. The average Bonchev–Trinajstić information content (AvgIpc) is 3.12. The average molecular weight is 349 g/mol. The van der Waals surface area contributed by atoms with Crippen LogP contribution in [0.4, 0.5) is 11.4 Å². The number of hydrogen-bond donors (Lipinski definition) is 2. The summed E-state index contributed by atoms with van der Waals surface area (Å²) in [5, 5.41) is 22.5. The van der Waals surface area contributed by atoms with E-state index >= 15 is 0 Å². The standard InChI is InChI=1S/C21H23N3O2/c1-21(2,26)19-7-4-12-24(19)20(25)16-5-3-6-18(13-16)23-17-10-8-15(14-22)9-11-17/h3,5-6,8-11,13,19,23,26H,4,7,12H2,1-2H3. The molecule has 134 valence electrons. The Balaban J connectivity index is 1.78. The highest BCUT2D eigenvalue weighted by Gasteiger charge is 2.38.